The number of hydrogen-bond donors (Lipinski definition) is 0. The molecule has 10 heteroatoms. The number of quaternary nitrogens is 1. The number of carboxylic acid groups (broad SMARTS) is 1. The van der Waals surface area contributed by atoms with Crippen LogP contribution in [0.3, 0.4) is 0 Å². The fourth-order valence-electron chi connectivity index (χ4n) is 0.913. The van der Waals surface area contributed by atoms with Gasteiger partial charge in [-0.2, -0.15) is 17.6 Å². The van der Waals surface area contributed by atoms with Crippen LogP contribution in [0.15, 0.2) is 5.11 Å². The van der Waals surface area contributed by atoms with Crippen LogP contribution in [-0.2, 0) is 4.79 Å². The second-order valence-corrected chi connectivity index (χ2v) is 4.16. The normalized spacial score (nSPS) is 12.0. The van der Waals surface area contributed by atoms with E-state index in [1.165, 1.54) is 34.1 Å². The Hall–Kier alpha value is -1.54. The fraction of sp³-hybridized carbons (Fsp3) is 0.900. The molecule has 20 heavy (non-hydrogen) atoms. The third kappa shape index (κ3) is 5.62. The summed E-state index contributed by atoms with van der Waals surface area (Å²) in [6, 6.07) is -5.32. The lowest BCUT2D eigenvalue weighted by Crippen LogP contribution is -2.52. The molecule has 0 bridgehead atoms. The first-order valence-corrected chi connectivity index (χ1v) is 5.81. The van der Waals surface area contributed by atoms with Crippen LogP contribution < -0.4 is 5.11 Å². The Morgan fingerprint density at radius 1 is 1.20 bits per heavy atom. The molecule has 0 aliphatic heterocycles. The van der Waals surface area contributed by atoms with E-state index < -0.39 is 17.9 Å². The van der Waals surface area contributed by atoms with Gasteiger partial charge in [-0.15, -0.1) is 0 Å². The molecular formula is C10H18F4N4O2. The van der Waals surface area contributed by atoms with E-state index in [4.69, 9.17) is 5.53 Å². The average Bonchev–Trinajstić information content (AvgIpc) is 2.38. The summed E-state index contributed by atoms with van der Waals surface area (Å²) in [4.78, 5) is 10.8. The largest absolute Gasteiger partial charge is 0.544 e. The lowest BCUT2D eigenvalue weighted by molar-refractivity contribution is -0.904. The second-order valence-electron chi connectivity index (χ2n) is 4.16. The predicted molar refractivity (Wildman–Crippen MR) is 61.9 cm³/mol. The van der Waals surface area contributed by atoms with Crippen molar-refractivity contribution in [3.05, 3.63) is 10.4 Å². The molecule has 0 radical (unpaired) electrons. The van der Waals surface area contributed by atoms with E-state index in [0.717, 1.165) is 0 Å². The Kier molecular flexibility index (Phi) is 8.21. The molecular weight excluding hydrogens is 284 g/mol. The first-order chi connectivity index (χ1) is 8.94. The van der Waals surface area contributed by atoms with Crippen LogP contribution >= 0.6 is 0 Å². The fourth-order valence-corrected chi connectivity index (χ4v) is 0.913. The van der Waals surface area contributed by atoms with Gasteiger partial charge in [0.2, 0.25) is 0 Å². The molecule has 0 atom stereocenters. The van der Waals surface area contributed by atoms with Crippen molar-refractivity contribution in [2.24, 2.45) is 5.11 Å². The van der Waals surface area contributed by atoms with E-state index in [-0.39, 0.29) is 0 Å². The van der Waals surface area contributed by atoms with E-state index in [0.29, 0.717) is 0 Å². The molecule has 0 amide bonds. The Bertz CT molecular complexity index is 346. The highest BCUT2D eigenvalue weighted by Gasteiger charge is 2.57. The quantitative estimate of drug-likeness (QED) is 0.187. The molecule has 0 rings (SSSR count). The maximum Gasteiger partial charge on any atom is 0.393 e. The minimum atomic E-state index is -5.50. The molecule has 0 aliphatic rings. The molecule has 0 saturated heterocycles. The number of carbonyl (C=O) groups is 1. The summed E-state index contributed by atoms with van der Waals surface area (Å²) in [6.45, 7) is 10.5. The van der Waals surface area contributed by atoms with E-state index in [9.17, 15) is 27.5 Å². The Balaban J connectivity index is 0. The minimum Gasteiger partial charge on any atom is -0.544 e. The van der Waals surface area contributed by atoms with Gasteiger partial charge in [-0.1, -0.05) is 0 Å². The lowest BCUT2D eigenvalue weighted by atomic mass is 10.3. The zero-order valence-corrected chi connectivity index (χ0v) is 11.7. The topological polar surface area (TPSA) is 88.9 Å². The van der Waals surface area contributed by atoms with Gasteiger partial charge in [0.25, 0.3) is 0 Å². The summed E-state index contributed by atoms with van der Waals surface area (Å²) in [5, 5.41) is 10.7. The van der Waals surface area contributed by atoms with Gasteiger partial charge in [0.1, 0.15) is 5.97 Å². The van der Waals surface area contributed by atoms with E-state index in [2.05, 4.69) is 27.8 Å². The first-order valence-electron chi connectivity index (χ1n) is 5.81. The molecule has 0 aliphatic carbocycles. The van der Waals surface area contributed by atoms with Crippen molar-refractivity contribution < 1.29 is 31.9 Å². The molecule has 0 heterocycles. The number of alkyl halides is 4. The highest BCUT2D eigenvalue weighted by molar-refractivity contribution is 5.74. The maximum absolute atomic E-state index is 11.9. The van der Waals surface area contributed by atoms with E-state index in [1.807, 2.05) is 0 Å². The summed E-state index contributed by atoms with van der Waals surface area (Å²) in [6.07, 6.45) is 0. The highest BCUT2D eigenvalue weighted by Crippen LogP contribution is 2.34. The Labute approximate surface area is 114 Å². The number of rotatable bonds is 6. The van der Waals surface area contributed by atoms with Crippen LogP contribution in [0, 0.1) is 0 Å². The van der Waals surface area contributed by atoms with Crippen molar-refractivity contribution in [1.29, 1.82) is 0 Å². The number of nitrogens with zero attached hydrogens (tertiary/aromatic N) is 4. The van der Waals surface area contributed by atoms with Crippen molar-refractivity contribution in [2.45, 2.75) is 32.7 Å². The van der Waals surface area contributed by atoms with Crippen molar-refractivity contribution >= 4 is 5.97 Å². The highest BCUT2D eigenvalue weighted by atomic mass is 19.3. The molecule has 6 nitrogen and oxygen atoms in total. The number of aliphatic carboxylic acids is 1. The van der Waals surface area contributed by atoms with E-state index >= 15 is 0 Å². The molecule has 0 spiro atoms. The van der Waals surface area contributed by atoms with Crippen molar-refractivity contribution in [2.75, 3.05) is 26.7 Å². The number of carbonyl (C=O) groups excluding carboxylic acids is 1. The summed E-state index contributed by atoms with van der Waals surface area (Å²) in [5.74, 6) is -8.81. The van der Waals surface area contributed by atoms with E-state index in [1.54, 1.807) is 0 Å². The molecule has 0 aromatic heterocycles. The number of carboxylic acids is 1. The Morgan fingerprint density at radius 3 is 1.70 bits per heavy atom. The monoisotopic (exact) mass is 302 g/mol. The van der Waals surface area contributed by atoms with Crippen molar-refractivity contribution in [3.8, 4) is 0 Å². The maximum atomic E-state index is 11.9. The number of hydrogen-bond acceptors (Lipinski definition) is 3. The molecule has 0 fully saturated rings. The second kappa shape index (κ2) is 7.91. The van der Waals surface area contributed by atoms with Crippen LogP contribution in [0.25, 0.3) is 10.4 Å². The van der Waals surface area contributed by atoms with Gasteiger partial charge >= 0.3 is 12.0 Å². The minimum absolute atomic E-state index is 1.21. The van der Waals surface area contributed by atoms with Crippen LogP contribution in [-0.4, -0.2) is 49.1 Å². The third-order valence-corrected chi connectivity index (χ3v) is 3.09. The van der Waals surface area contributed by atoms with Gasteiger partial charge in [-0.3, -0.25) is 0 Å². The molecule has 0 saturated carbocycles. The van der Waals surface area contributed by atoms with Gasteiger partial charge in [0.15, 0.2) is 0 Å². The van der Waals surface area contributed by atoms with Crippen LogP contribution in [0.2, 0.25) is 0 Å². The molecule has 118 valence electrons. The van der Waals surface area contributed by atoms with Crippen LogP contribution in [0.5, 0.6) is 0 Å². The van der Waals surface area contributed by atoms with Gasteiger partial charge in [0.05, 0.1) is 26.7 Å². The van der Waals surface area contributed by atoms with Crippen LogP contribution in [0.4, 0.5) is 17.6 Å². The number of halogens is 4. The number of azide groups is 1. The molecule has 0 N–H and O–H groups in total. The van der Waals surface area contributed by atoms with Gasteiger partial charge in [-0.05, 0) is 31.4 Å². The summed E-state index contributed by atoms with van der Waals surface area (Å²) < 4.78 is 48.6. The molecule has 0 aromatic carbocycles. The van der Waals surface area contributed by atoms with Crippen molar-refractivity contribution in [3.63, 3.8) is 0 Å². The smallest absolute Gasteiger partial charge is 0.393 e. The predicted octanol–water partition coefficient (Wildman–Crippen LogP) is 1.77. The SMILES string of the molecule is CC[N+](C)(CC)CC.[N-]=[N+]=NC(F)(F)C(F)(F)C(=O)[O-]. The first kappa shape index (κ1) is 20.8. The summed E-state index contributed by atoms with van der Waals surface area (Å²) >= 11 is 0. The average molecular weight is 302 g/mol. The molecule has 0 unspecified atom stereocenters. The molecule has 0 aromatic rings. The summed E-state index contributed by atoms with van der Waals surface area (Å²) in [7, 11) is 2.29. The van der Waals surface area contributed by atoms with Crippen molar-refractivity contribution in [1.82, 2.24) is 0 Å². The van der Waals surface area contributed by atoms with Gasteiger partial charge < -0.3 is 14.4 Å². The summed E-state index contributed by atoms with van der Waals surface area (Å²) in [5.41, 5.74) is 7.38. The van der Waals surface area contributed by atoms with Crippen LogP contribution in [0.1, 0.15) is 20.8 Å². The zero-order chi connectivity index (χ0) is 16.6. The van der Waals surface area contributed by atoms with Gasteiger partial charge in [-0.25, -0.2) is 0 Å². The zero-order valence-electron chi connectivity index (χ0n) is 11.7. The Morgan fingerprint density at radius 2 is 1.55 bits per heavy atom. The van der Waals surface area contributed by atoms with Gasteiger partial charge in [0, 0.05) is 4.91 Å². The lowest BCUT2D eigenvalue weighted by Gasteiger charge is -2.30. The standard InChI is InChI=1S/C7H18N.C3HF4N3O2/c1-5-8(4,6-2)7-3;4-2(5,1(11)12)3(6,7)9-10-8/h5-7H2,1-4H3;(H,11,12)/q+1;/p-1. The third-order valence-electron chi connectivity index (χ3n) is 3.09.